The number of hydrogen-bond acceptors (Lipinski definition) is 4. The van der Waals surface area contributed by atoms with Crippen molar-refractivity contribution in [3.05, 3.63) is 76.9 Å². The molecule has 26 heavy (non-hydrogen) atoms. The number of ketones is 1. The third kappa shape index (κ3) is 3.50. The van der Waals surface area contributed by atoms with E-state index in [-0.39, 0.29) is 5.78 Å². The Balaban J connectivity index is 2.08. The lowest BCUT2D eigenvalue weighted by molar-refractivity contribution is -0.113. The maximum Gasteiger partial charge on any atom is 0.337 e. The van der Waals surface area contributed by atoms with Crippen molar-refractivity contribution in [2.75, 3.05) is 7.11 Å². The van der Waals surface area contributed by atoms with Gasteiger partial charge < -0.3 is 15.4 Å². The van der Waals surface area contributed by atoms with Gasteiger partial charge in [0.25, 0.3) is 0 Å². The number of methoxy groups -OCH3 is 1. The quantitative estimate of drug-likeness (QED) is 0.641. The standard InChI is InChI=1S/C20H18N2O3S/c1-12(23)16-17(13-6-4-3-5-7-13)21-20(26)22-18(16)14-8-10-15(11-9-14)19(24)25-2/h3-11,18H,1-2H3,(H2,21,22,26)/t18-/m0/s1. The summed E-state index contributed by atoms with van der Waals surface area (Å²) in [4.78, 5) is 24.1. The molecule has 1 heterocycles. The number of rotatable bonds is 4. The molecule has 0 fully saturated rings. The van der Waals surface area contributed by atoms with Gasteiger partial charge >= 0.3 is 5.97 Å². The first-order valence-electron chi connectivity index (χ1n) is 8.07. The Hall–Kier alpha value is -2.99. The van der Waals surface area contributed by atoms with E-state index >= 15 is 0 Å². The SMILES string of the molecule is COC(=O)c1ccc([C@@H]2NC(=S)NC(c3ccccc3)=C2C(C)=O)cc1. The van der Waals surface area contributed by atoms with Gasteiger partial charge in [0.2, 0.25) is 0 Å². The molecule has 132 valence electrons. The Morgan fingerprint density at radius 3 is 2.27 bits per heavy atom. The maximum absolute atomic E-state index is 12.4. The van der Waals surface area contributed by atoms with Gasteiger partial charge in [-0.1, -0.05) is 42.5 Å². The van der Waals surface area contributed by atoms with Gasteiger partial charge in [-0.3, -0.25) is 4.79 Å². The van der Waals surface area contributed by atoms with E-state index in [9.17, 15) is 9.59 Å². The molecule has 0 bridgehead atoms. The van der Waals surface area contributed by atoms with E-state index < -0.39 is 12.0 Å². The van der Waals surface area contributed by atoms with Crippen molar-refractivity contribution in [2.24, 2.45) is 0 Å². The molecule has 2 aromatic carbocycles. The molecule has 5 nitrogen and oxygen atoms in total. The molecule has 2 aromatic rings. The van der Waals surface area contributed by atoms with E-state index in [1.807, 2.05) is 30.3 Å². The van der Waals surface area contributed by atoms with Crippen LogP contribution in [0.15, 0.2) is 60.2 Å². The second-order valence-corrected chi connectivity index (χ2v) is 6.26. The van der Waals surface area contributed by atoms with Gasteiger partial charge in [-0.25, -0.2) is 4.79 Å². The fraction of sp³-hybridized carbons (Fsp3) is 0.150. The van der Waals surface area contributed by atoms with Crippen LogP contribution in [0.4, 0.5) is 0 Å². The van der Waals surface area contributed by atoms with Crippen molar-refractivity contribution in [3.8, 4) is 0 Å². The largest absolute Gasteiger partial charge is 0.465 e. The molecule has 0 spiro atoms. The van der Waals surface area contributed by atoms with Gasteiger partial charge in [-0.2, -0.15) is 0 Å². The first kappa shape index (κ1) is 17.8. The highest BCUT2D eigenvalue weighted by atomic mass is 32.1. The van der Waals surface area contributed by atoms with Gasteiger partial charge in [0.15, 0.2) is 10.9 Å². The highest BCUT2D eigenvalue weighted by Gasteiger charge is 2.30. The predicted molar refractivity (Wildman–Crippen MR) is 103 cm³/mol. The molecular weight excluding hydrogens is 348 g/mol. The van der Waals surface area contributed by atoms with Crippen LogP contribution in [0.2, 0.25) is 0 Å². The molecule has 3 rings (SSSR count). The number of benzene rings is 2. The molecular formula is C20H18N2O3S. The second kappa shape index (κ2) is 7.49. The first-order valence-corrected chi connectivity index (χ1v) is 8.48. The molecule has 1 atom stereocenters. The van der Waals surface area contributed by atoms with E-state index in [2.05, 4.69) is 10.6 Å². The van der Waals surface area contributed by atoms with Crippen LogP contribution in [0.25, 0.3) is 5.70 Å². The number of carbonyl (C=O) groups is 2. The third-order valence-corrected chi connectivity index (χ3v) is 4.40. The average molecular weight is 366 g/mol. The lowest BCUT2D eigenvalue weighted by Gasteiger charge is -2.31. The monoisotopic (exact) mass is 366 g/mol. The molecule has 0 radical (unpaired) electrons. The van der Waals surface area contributed by atoms with Gasteiger partial charge in [-0.15, -0.1) is 0 Å². The molecule has 0 unspecified atom stereocenters. The number of esters is 1. The van der Waals surface area contributed by atoms with E-state index in [4.69, 9.17) is 17.0 Å². The van der Waals surface area contributed by atoms with Crippen LogP contribution in [0.5, 0.6) is 0 Å². The molecule has 0 aromatic heterocycles. The highest BCUT2D eigenvalue weighted by Crippen LogP contribution is 2.31. The predicted octanol–water partition coefficient (Wildman–Crippen LogP) is 2.99. The number of carbonyl (C=O) groups excluding carboxylic acids is 2. The molecule has 0 aliphatic carbocycles. The molecule has 2 N–H and O–H groups in total. The minimum Gasteiger partial charge on any atom is -0.465 e. The summed E-state index contributed by atoms with van der Waals surface area (Å²) in [5.74, 6) is -0.467. The summed E-state index contributed by atoms with van der Waals surface area (Å²) in [7, 11) is 1.34. The third-order valence-electron chi connectivity index (χ3n) is 4.18. The Labute approximate surface area is 157 Å². The second-order valence-electron chi connectivity index (χ2n) is 5.86. The van der Waals surface area contributed by atoms with Crippen LogP contribution in [-0.2, 0) is 9.53 Å². The van der Waals surface area contributed by atoms with Crippen LogP contribution in [-0.4, -0.2) is 24.0 Å². The van der Waals surface area contributed by atoms with Crippen molar-refractivity contribution in [3.63, 3.8) is 0 Å². The number of Topliss-reactive ketones (excluding diaryl/α,β-unsaturated/α-hetero) is 1. The van der Waals surface area contributed by atoms with E-state index in [0.717, 1.165) is 11.1 Å². The van der Waals surface area contributed by atoms with E-state index in [0.29, 0.717) is 21.9 Å². The highest BCUT2D eigenvalue weighted by molar-refractivity contribution is 7.80. The maximum atomic E-state index is 12.4. The molecule has 0 amide bonds. The zero-order valence-electron chi connectivity index (χ0n) is 14.4. The summed E-state index contributed by atoms with van der Waals surface area (Å²) in [6, 6.07) is 16.1. The van der Waals surface area contributed by atoms with Crippen molar-refractivity contribution in [1.82, 2.24) is 10.6 Å². The minimum absolute atomic E-state index is 0.0617. The van der Waals surface area contributed by atoms with Crippen molar-refractivity contribution in [2.45, 2.75) is 13.0 Å². The number of nitrogens with one attached hydrogen (secondary N) is 2. The topological polar surface area (TPSA) is 67.4 Å². The normalized spacial score (nSPS) is 16.5. The average Bonchev–Trinajstić information content (AvgIpc) is 2.67. The Morgan fingerprint density at radius 2 is 1.69 bits per heavy atom. The molecule has 0 saturated carbocycles. The van der Waals surface area contributed by atoms with Crippen LogP contribution >= 0.6 is 12.2 Å². The summed E-state index contributed by atoms with van der Waals surface area (Å²) in [5.41, 5.74) is 3.46. The van der Waals surface area contributed by atoms with Crippen LogP contribution in [0.3, 0.4) is 0 Å². The van der Waals surface area contributed by atoms with Gasteiger partial charge in [-0.05, 0) is 42.4 Å². The Morgan fingerprint density at radius 1 is 1.04 bits per heavy atom. The molecule has 6 heteroatoms. The van der Waals surface area contributed by atoms with Crippen LogP contribution < -0.4 is 10.6 Å². The first-order chi connectivity index (χ1) is 12.5. The number of hydrogen-bond donors (Lipinski definition) is 2. The lowest BCUT2D eigenvalue weighted by Crippen LogP contribution is -2.44. The van der Waals surface area contributed by atoms with Gasteiger partial charge in [0.1, 0.15) is 0 Å². The Kier molecular flexibility index (Phi) is 5.14. The Bertz CT molecular complexity index is 889. The number of thiocarbonyl (C=S) groups is 1. The lowest BCUT2D eigenvalue weighted by atomic mass is 9.90. The molecule has 0 saturated heterocycles. The summed E-state index contributed by atoms with van der Waals surface area (Å²) in [5, 5.41) is 6.70. The van der Waals surface area contributed by atoms with Crippen LogP contribution in [0, 0.1) is 0 Å². The van der Waals surface area contributed by atoms with Crippen molar-refractivity contribution in [1.29, 1.82) is 0 Å². The van der Waals surface area contributed by atoms with Gasteiger partial charge in [0.05, 0.1) is 24.4 Å². The van der Waals surface area contributed by atoms with Crippen LogP contribution in [0.1, 0.15) is 34.5 Å². The van der Waals surface area contributed by atoms with Gasteiger partial charge in [0, 0.05) is 5.57 Å². The summed E-state index contributed by atoms with van der Waals surface area (Å²) < 4.78 is 4.72. The fourth-order valence-electron chi connectivity index (χ4n) is 2.96. The smallest absolute Gasteiger partial charge is 0.337 e. The van der Waals surface area contributed by atoms with E-state index in [1.54, 1.807) is 24.3 Å². The summed E-state index contributed by atoms with van der Waals surface area (Å²) in [6.45, 7) is 1.53. The number of ether oxygens (including phenoxy) is 1. The van der Waals surface area contributed by atoms with Crippen molar-refractivity contribution < 1.29 is 14.3 Å². The van der Waals surface area contributed by atoms with E-state index in [1.165, 1.54) is 14.0 Å². The zero-order valence-corrected chi connectivity index (χ0v) is 15.2. The summed E-state index contributed by atoms with van der Waals surface area (Å²) >= 11 is 5.34. The summed E-state index contributed by atoms with van der Waals surface area (Å²) in [6.07, 6.45) is 0. The molecule has 1 aliphatic rings. The fourth-order valence-corrected chi connectivity index (χ4v) is 3.18. The zero-order chi connectivity index (χ0) is 18.7. The minimum atomic E-state index is -0.405. The molecule has 1 aliphatic heterocycles. The van der Waals surface area contributed by atoms with Crippen molar-refractivity contribution >= 4 is 34.8 Å².